The first-order chi connectivity index (χ1) is 11.0. The fourth-order valence-electron chi connectivity index (χ4n) is 2.04. The molecule has 0 aliphatic heterocycles. The highest BCUT2D eigenvalue weighted by Gasteiger charge is 2.20. The van der Waals surface area contributed by atoms with Gasteiger partial charge in [0.1, 0.15) is 5.75 Å². The third kappa shape index (κ3) is 4.94. The van der Waals surface area contributed by atoms with E-state index < -0.39 is 6.10 Å². The van der Waals surface area contributed by atoms with Gasteiger partial charge in [-0.05, 0) is 37.7 Å². The smallest absolute Gasteiger partial charge is 0.267 e. The van der Waals surface area contributed by atoms with E-state index in [0.717, 1.165) is 21.4 Å². The number of hydrogen-bond acceptors (Lipinski definition) is 6. The number of hydrogen-bond donors (Lipinski definition) is 1. The first kappa shape index (κ1) is 17.7. The highest BCUT2D eigenvalue weighted by atomic mass is 32.2. The van der Waals surface area contributed by atoms with Gasteiger partial charge in [0.2, 0.25) is 5.13 Å². The number of thioether (sulfide) groups is 1. The van der Waals surface area contributed by atoms with Gasteiger partial charge >= 0.3 is 0 Å². The van der Waals surface area contributed by atoms with Crippen LogP contribution >= 0.6 is 23.1 Å². The highest BCUT2D eigenvalue weighted by molar-refractivity contribution is 8.01. The molecule has 0 radical (unpaired) electrons. The molecule has 0 saturated carbocycles. The van der Waals surface area contributed by atoms with Crippen LogP contribution in [0.15, 0.2) is 22.5 Å². The van der Waals surface area contributed by atoms with Gasteiger partial charge in [-0.3, -0.25) is 10.1 Å². The fraction of sp³-hybridized carbons (Fsp3) is 0.438. The summed E-state index contributed by atoms with van der Waals surface area (Å²) in [5, 5.41) is 11.3. The number of aromatic nitrogens is 2. The number of nitrogens with zero attached hydrogens (tertiary/aromatic N) is 2. The Morgan fingerprint density at radius 1 is 1.35 bits per heavy atom. The molecule has 0 aliphatic rings. The van der Waals surface area contributed by atoms with Crippen LogP contribution in [0.25, 0.3) is 0 Å². The molecule has 0 spiro atoms. The van der Waals surface area contributed by atoms with Gasteiger partial charge in [0.15, 0.2) is 10.4 Å². The van der Waals surface area contributed by atoms with Crippen LogP contribution < -0.4 is 10.1 Å². The van der Waals surface area contributed by atoms with Gasteiger partial charge in [-0.25, -0.2) is 0 Å². The van der Waals surface area contributed by atoms with E-state index in [9.17, 15) is 4.79 Å². The van der Waals surface area contributed by atoms with Crippen LogP contribution in [0.4, 0.5) is 5.13 Å². The topological polar surface area (TPSA) is 64.1 Å². The van der Waals surface area contributed by atoms with E-state index >= 15 is 0 Å². The zero-order chi connectivity index (χ0) is 16.8. The average molecular weight is 351 g/mol. The minimum atomic E-state index is -0.553. The molecule has 1 heterocycles. The first-order valence-corrected chi connectivity index (χ1v) is 9.34. The van der Waals surface area contributed by atoms with Crippen molar-refractivity contribution in [2.45, 2.75) is 44.6 Å². The molecule has 0 bridgehead atoms. The summed E-state index contributed by atoms with van der Waals surface area (Å²) in [6, 6.07) is 5.92. The van der Waals surface area contributed by atoms with Gasteiger partial charge in [-0.2, -0.15) is 0 Å². The average Bonchev–Trinajstić information content (AvgIpc) is 2.94. The number of ether oxygens (including phenoxy) is 1. The fourth-order valence-corrected chi connectivity index (χ4v) is 3.69. The van der Waals surface area contributed by atoms with Crippen LogP contribution in [0.2, 0.25) is 0 Å². The summed E-state index contributed by atoms with van der Waals surface area (Å²) in [6.45, 7) is 7.98. The molecule has 2 rings (SSSR count). The Morgan fingerprint density at radius 2 is 2.13 bits per heavy atom. The normalized spacial score (nSPS) is 12.0. The quantitative estimate of drug-likeness (QED) is 0.602. The maximum atomic E-state index is 12.4. The molecule has 0 saturated heterocycles. The molecule has 2 aromatic rings. The lowest BCUT2D eigenvalue weighted by Gasteiger charge is -2.18. The molecule has 1 aromatic carbocycles. The van der Waals surface area contributed by atoms with Crippen LogP contribution in [-0.2, 0) is 4.79 Å². The van der Waals surface area contributed by atoms with Crippen molar-refractivity contribution in [1.29, 1.82) is 0 Å². The lowest BCUT2D eigenvalue weighted by atomic mass is 10.1. The molecule has 1 aromatic heterocycles. The van der Waals surface area contributed by atoms with E-state index in [2.05, 4.69) is 22.4 Å². The van der Waals surface area contributed by atoms with Crippen molar-refractivity contribution in [3.8, 4) is 5.75 Å². The van der Waals surface area contributed by atoms with E-state index in [4.69, 9.17) is 4.74 Å². The van der Waals surface area contributed by atoms with Crippen LogP contribution in [-0.4, -0.2) is 28.0 Å². The number of rotatable bonds is 7. The highest BCUT2D eigenvalue weighted by Crippen LogP contribution is 2.26. The molecule has 5 nitrogen and oxygen atoms in total. The van der Waals surface area contributed by atoms with Gasteiger partial charge < -0.3 is 4.74 Å². The SMILES string of the molecule is CCSc1nnc(NC(=O)[C@H](CC)Oc2ccc(C)cc2C)s1. The Hall–Kier alpha value is -1.60. The second-order valence-corrected chi connectivity index (χ2v) is 7.57. The van der Waals surface area contributed by atoms with E-state index in [1.807, 2.05) is 39.0 Å². The number of carbonyl (C=O) groups is 1. The third-order valence-corrected chi connectivity index (χ3v) is 5.02. The second kappa shape index (κ2) is 8.31. The van der Waals surface area contributed by atoms with E-state index in [1.54, 1.807) is 11.8 Å². The van der Waals surface area contributed by atoms with Crippen molar-refractivity contribution < 1.29 is 9.53 Å². The summed E-state index contributed by atoms with van der Waals surface area (Å²) < 4.78 is 6.73. The van der Waals surface area contributed by atoms with Crippen molar-refractivity contribution in [3.63, 3.8) is 0 Å². The Bertz CT molecular complexity index is 673. The van der Waals surface area contributed by atoms with Gasteiger partial charge in [0.25, 0.3) is 5.91 Å². The van der Waals surface area contributed by atoms with Crippen LogP contribution in [0.3, 0.4) is 0 Å². The molecule has 0 unspecified atom stereocenters. The summed E-state index contributed by atoms with van der Waals surface area (Å²) in [4.78, 5) is 12.4. The summed E-state index contributed by atoms with van der Waals surface area (Å²) >= 11 is 2.98. The van der Waals surface area contributed by atoms with Gasteiger partial charge in [-0.15, -0.1) is 10.2 Å². The van der Waals surface area contributed by atoms with Crippen molar-refractivity contribution in [2.24, 2.45) is 0 Å². The molecular formula is C16H21N3O2S2. The molecule has 0 fully saturated rings. The van der Waals surface area contributed by atoms with Crippen LogP contribution in [0.5, 0.6) is 5.75 Å². The lowest BCUT2D eigenvalue weighted by Crippen LogP contribution is -2.32. The van der Waals surface area contributed by atoms with Crippen LogP contribution in [0, 0.1) is 13.8 Å². The maximum Gasteiger partial charge on any atom is 0.267 e. The molecular weight excluding hydrogens is 330 g/mol. The standard InChI is InChI=1S/C16H21N3O2S2/c1-5-12(21-13-8-7-10(3)9-11(13)4)14(20)17-15-18-19-16(23-15)22-6-2/h7-9,12H,5-6H2,1-4H3,(H,17,18,20)/t12-/m0/s1. The second-order valence-electron chi connectivity index (χ2n) is 5.08. The molecule has 1 atom stereocenters. The lowest BCUT2D eigenvalue weighted by molar-refractivity contribution is -0.122. The third-order valence-electron chi connectivity index (χ3n) is 3.17. The number of aryl methyl sites for hydroxylation is 2. The van der Waals surface area contributed by atoms with Crippen molar-refractivity contribution >= 4 is 34.1 Å². The van der Waals surface area contributed by atoms with Crippen molar-refractivity contribution in [3.05, 3.63) is 29.3 Å². The predicted molar refractivity (Wildman–Crippen MR) is 95.6 cm³/mol. The number of benzene rings is 1. The van der Waals surface area contributed by atoms with Gasteiger partial charge in [0, 0.05) is 0 Å². The maximum absolute atomic E-state index is 12.4. The zero-order valence-electron chi connectivity index (χ0n) is 13.8. The zero-order valence-corrected chi connectivity index (χ0v) is 15.4. The van der Waals surface area contributed by atoms with E-state index in [-0.39, 0.29) is 5.91 Å². The largest absolute Gasteiger partial charge is 0.480 e. The van der Waals surface area contributed by atoms with Gasteiger partial charge in [-0.1, -0.05) is 54.6 Å². The molecule has 124 valence electrons. The summed E-state index contributed by atoms with van der Waals surface area (Å²) in [7, 11) is 0. The monoisotopic (exact) mass is 351 g/mol. The Labute approximate surface area is 144 Å². The summed E-state index contributed by atoms with van der Waals surface area (Å²) in [5.41, 5.74) is 2.19. The minimum Gasteiger partial charge on any atom is -0.480 e. The number of nitrogens with one attached hydrogen (secondary N) is 1. The summed E-state index contributed by atoms with van der Waals surface area (Å²) in [6.07, 6.45) is 0.0247. The number of anilines is 1. The summed E-state index contributed by atoms with van der Waals surface area (Å²) in [5.74, 6) is 1.46. The van der Waals surface area contributed by atoms with Crippen LogP contribution in [0.1, 0.15) is 31.4 Å². The molecule has 23 heavy (non-hydrogen) atoms. The minimum absolute atomic E-state index is 0.198. The first-order valence-electron chi connectivity index (χ1n) is 7.54. The van der Waals surface area contributed by atoms with E-state index in [0.29, 0.717) is 11.6 Å². The number of carbonyl (C=O) groups excluding carboxylic acids is 1. The molecule has 0 aliphatic carbocycles. The van der Waals surface area contributed by atoms with Crippen molar-refractivity contribution in [1.82, 2.24) is 10.2 Å². The van der Waals surface area contributed by atoms with Gasteiger partial charge in [0.05, 0.1) is 0 Å². The molecule has 1 N–H and O–H groups in total. The van der Waals surface area contributed by atoms with Crippen molar-refractivity contribution in [2.75, 3.05) is 11.1 Å². The number of amides is 1. The molecule has 7 heteroatoms. The Kier molecular flexibility index (Phi) is 6.41. The molecule has 1 amide bonds. The Morgan fingerprint density at radius 3 is 2.78 bits per heavy atom. The predicted octanol–water partition coefficient (Wildman–Crippen LogP) is 4.06. The Balaban J connectivity index is 2.02. The van der Waals surface area contributed by atoms with E-state index in [1.165, 1.54) is 16.9 Å².